The molecule has 3 nitrogen and oxygen atoms in total. The number of hydrogen-bond donors (Lipinski definition) is 1. The fourth-order valence-corrected chi connectivity index (χ4v) is 2.83. The van der Waals surface area contributed by atoms with E-state index in [4.69, 9.17) is 0 Å². The molecule has 1 N–H and O–H groups in total. The van der Waals surface area contributed by atoms with Crippen molar-refractivity contribution in [3.05, 3.63) is 65.4 Å². The van der Waals surface area contributed by atoms with Gasteiger partial charge in [-0.05, 0) is 23.6 Å². The smallest absolute Gasteiger partial charge is 0.352 e. The van der Waals surface area contributed by atoms with Crippen molar-refractivity contribution in [3.63, 3.8) is 0 Å². The largest absolute Gasteiger partial charge is 0.477 e. The zero-order valence-corrected chi connectivity index (χ0v) is 11.2. The number of likely N-dealkylation sites (tertiary alicyclic amines) is 1. The lowest BCUT2D eigenvalue weighted by molar-refractivity contribution is -0.134. The number of rotatable bonds is 3. The van der Waals surface area contributed by atoms with Crippen LogP contribution in [0.25, 0.3) is 6.08 Å². The third-order valence-corrected chi connectivity index (χ3v) is 3.87. The number of allylic oxidation sites excluding steroid dienone is 3. The van der Waals surface area contributed by atoms with Crippen molar-refractivity contribution in [1.29, 1.82) is 0 Å². The van der Waals surface area contributed by atoms with Crippen LogP contribution in [0.2, 0.25) is 0 Å². The minimum absolute atomic E-state index is 0.381. The van der Waals surface area contributed by atoms with E-state index in [1.807, 2.05) is 35.2 Å². The van der Waals surface area contributed by atoms with E-state index in [2.05, 4.69) is 18.2 Å². The Morgan fingerprint density at radius 1 is 1.30 bits per heavy atom. The molecule has 1 aromatic rings. The van der Waals surface area contributed by atoms with Crippen molar-refractivity contribution in [2.24, 2.45) is 5.92 Å². The van der Waals surface area contributed by atoms with Gasteiger partial charge in [-0.2, -0.15) is 0 Å². The molecule has 0 radical (unpaired) electrons. The third-order valence-electron chi connectivity index (χ3n) is 3.87. The van der Waals surface area contributed by atoms with Crippen LogP contribution in [-0.4, -0.2) is 29.1 Å². The summed E-state index contributed by atoms with van der Waals surface area (Å²) in [6.45, 7) is 1.51. The Hall–Kier alpha value is -2.29. The predicted molar refractivity (Wildman–Crippen MR) is 79.0 cm³/mol. The van der Waals surface area contributed by atoms with Gasteiger partial charge < -0.3 is 10.0 Å². The molecule has 0 bridgehead atoms. The van der Waals surface area contributed by atoms with E-state index >= 15 is 0 Å². The number of aliphatic carboxylic acids is 1. The van der Waals surface area contributed by atoms with Crippen molar-refractivity contribution in [1.82, 2.24) is 4.90 Å². The maximum Gasteiger partial charge on any atom is 0.352 e. The second-order valence-corrected chi connectivity index (χ2v) is 5.23. The lowest BCUT2D eigenvalue weighted by Gasteiger charge is -2.18. The lowest BCUT2D eigenvalue weighted by atomic mass is 9.95. The lowest BCUT2D eigenvalue weighted by Crippen LogP contribution is -2.25. The third kappa shape index (κ3) is 2.52. The van der Waals surface area contributed by atoms with Gasteiger partial charge in [-0.3, -0.25) is 0 Å². The molecule has 1 heterocycles. The molecule has 3 rings (SSSR count). The molecule has 1 aromatic carbocycles. The Balaban J connectivity index is 1.86. The first-order valence-electron chi connectivity index (χ1n) is 6.84. The summed E-state index contributed by atoms with van der Waals surface area (Å²) in [5.74, 6) is -0.389. The fourth-order valence-electron chi connectivity index (χ4n) is 2.83. The zero-order chi connectivity index (χ0) is 13.9. The van der Waals surface area contributed by atoms with Crippen molar-refractivity contribution in [2.45, 2.75) is 6.42 Å². The van der Waals surface area contributed by atoms with Gasteiger partial charge in [0.1, 0.15) is 5.70 Å². The Morgan fingerprint density at radius 3 is 2.80 bits per heavy atom. The van der Waals surface area contributed by atoms with Gasteiger partial charge in [0.25, 0.3) is 0 Å². The van der Waals surface area contributed by atoms with Crippen LogP contribution >= 0.6 is 0 Å². The SMILES string of the molecule is O=C(O)C(=Cc1ccccc1)N1CC2=CC=CCC2C1. The molecule has 0 aromatic heterocycles. The summed E-state index contributed by atoms with van der Waals surface area (Å²) in [6.07, 6.45) is 9.11. The summed E-state index contributed by atoms with van der Waals surface area (Å²) in [5.41, 5.74) is 2.64. The fraction of sp³-hybridized carbons (Fsp3) is 0.235. The van der Waals surface area contributed by atoms with E-state index in [1.54, 1.807) is 6.08 Å². The van der Waals surface area contributed by atoms with Gasteiger partial charge in [-0.25, -0.2) is 4.79 Å². The number of carboxylic acid groups (broad SMARTS) is 1. The van der Waals surface area contributed by atoms with Crippen LogP contribution in [0.1, 0.15) is 12.0 Å². The van der Waals surface area contributed by atoms with E-state index in [0.717, 1.165) is 25.1 Å². The highest BCUT2D eigenvalue weighted by Crippen LogP contribution is 2.31. The summed E-state index contributed by atoms with van der Waals surface area (Å²) in [5, 5.41) is 9.48. The van der Waals surface area contributed by atoms with Crippen molar-refractivity contribution < 1.29 is 9.90 Å². The van der Waals surface area contributed by atoms with Gasteiger partial charge in [-0.15, -0.1) is 0 Å². The molecule has 3 heteroatoms. The van der Waals surface area contributed by atoms with E-state index < -0.39 is 5.97 Å². The Kier molecular flexibility index (Phi) is 3.42. The highest BCUT2D eigenvalue weighted by atomic mass is 16.4. The number of nitrogens with zero attached hydrogens (tertiary/aromatic N) is 1. The van der Waals surface area contributed by atoms with Crippen LogP contribution in [0.3, 0.4) is 0 Å². The topological polar surface area (TPSA) is 40.5 Å². The van der Waals surface area contributed by atoms with Crippen LogP contribution in [0.15, 0.2) is 59.8 Å². The maximum absolute atomic E-state index is 11.6. The highest BCUT2D eigenvalue weighted by molar-refractivity contribution is 5.91. The molecule has 20 heavy (non-hydrogen) atoms. The number of carboxylic acids is 1. The van der Waals surface area contributed by atoms with Gasteiger partial charge in [0.2, 0.25) is 0 Å². The quantitative estimate of drug-likeness (QED) is 0.856. The molecular weight excluding hydrogens is 250 g/mol. The molecule has 1 aliphatic carbocycles. The molecule has 1 aliphatic heterocycles. The van der Waals surface area contributed by atoms with Gasteiger partial charge >= 0.3 is 5.97 Å². The average Bonchev–Trinajstić information content (AvgIpc) is 2.89. The maximum atomic E-state index is 11.6. The van der Waals surface area contributed by atoms with Crippen molar-refractivity contribution >= 4 is 12.0 Å². The molecule has 1 atom stereocenters. The van der Waals surface area contributed by atoms with Gasteiger partial charge in [0, 0.05) is 19.0 Å². The highest BCUT2D eigenvalue weighted by Gasteiger charge is 2.30. The monoisotopic (exact) mass is 267 g/mol. The van der Waals surface area contributed by atoms with Gasteiger partial charge in [-0.1, -0.05) is 48.6 Å². The van der Waals surface area contributed by atoms with E-state index in [0.29, 0.717) is 11.6 Å². The normalized spacial score (nSPS) is 21.6. The summed E-state index contributed by atoms with van der Waals surface area (Å²) < 4.78 is 0. The first-order chi connectivity index (χ1) is 9.74. The number of carbonyl (C=O) groups is 1. The molecule has 102 valence electrons. The first-order valence-corrected chi connectivity index (χ1v) is 6.84. The van der Waals surface area contributed by atoms with Crippen LogP contribution in [-0.2, 0) is 4.79 Å². The second-order valence-electron chi connectivity index (χ2n) is 5.23. The van der Waals surface area contributed by atoms with E-state index in [9.17, 15) is 9.90 Å². The Morgan fingerprint density at radius 2 is 2.10 bits per heavy atom. The summed E-state index contributed by atoms with van der Waals surface area (Å²) in [7, 11) is 0. The zero-order valence-electron chi connectivity index (χ0n) is 11.2. The molecule has 0 amide bonds. The minimum Gasteiger partial charge on any atom is -0.477 e. The van der Waals surface area contributed by atoms with E-state index in [1.165, 1.54) is 5.57 Å². The summed E-state index contributed by atoms with van der Waals surface area (Å²) >= 11 is 0. The Bertz CT molecular complexity index is 599. The molecule has 1 saturated heterocycles. The van der Waals surface area contributed by atoms with Crippen molar-refractivity contribution in [2.75, 3.05) is 13.1 Å². The molecule has 1 unspecified atom stereocenters. The second kappa shape index (κ2) is 5.37. The number of benzene rings is 1. The first kappa shape index (κ1) is 12.7. The molecule has 2 aliphatic rings. The number of hydrogen-bond acceptors (Lipinski definition) is 2. The standard InChI is InChI=1S/C17H17NO2/c19-17(20)16(10-13-6-2-1-3-7-13)18-11-14-8-4-5-9-15(14)12-18/h1-8,10,15H,9,11-12H2,(H,19,20). The minimum atomic E-state index is -0.860. The molecule has 1 fully saturated rings. The molecule has 0 saturated carbocycles. The van der Waals surface area contributed by atoms with Crippen molar-refractivity contribution in [3.8, 4) is 0 Å². The van der Waals surface area contributed by atoms with Gasteiger partial charge in [0.15, 0.2) is 0 Å². The van der Waals surface area contributed by atoms with Gasteiger partial charge in [0.05, 0.1) is 0 Å². The molecular formula is C17H17NO2. The van der Waals surface area contributed by atoms with Crippen LogP contribution in [0.4, 0.5) is 0 Å². The average molecular weight is 267 g/mol. The summed E-state index contributed by atoms with van der Waals surface area (Å²) in [4.78, 5) is 13.5. The number of fused-ring (bicyclic) bond motifs is 1. The van der Waals surface area contributed by atoms with E-state index in [-0.39, 0.29) is 0 Å². The summed E-state index contributed by atoms with van der Waals surface area (Å²) in [6, 6.07) is 9.61. The van der Waals surface area contributed by atoms with Crippen LogP contribution in [0.5, 0.6) is 0 Å². The van der Waals surface area contributed by atoms with Crippen LogP contribution in [0, 0.1) is 5.92 Å². The van der Waals surface area contributed by atoms with Crippen LogP contribution < -0.4 is 0 Å². The molecule has 0 spiro atoms. The predicted octanol–water partition coefficient (Wildman–Crippen LogP) is 2.93. The Labute approximate surface area is 118 Å².